The van der Waals surface area contributed by atoms with E-state index in [9.17, 15) is 4.79 Å². The van der Waals surface area contributed by atoms with Crippen LogP contribution in [0, 0.1) is 12.8 Å². The smallest absolute Gasteiger partial charge is 0.340 e. The van der Waals surface area contributed by atoms with Crippen molar-refractivity contribution in [2.45, 2.75) is 33.6 Å². The number of hydrogen-bond donors (Lipinski definition) is 1. The molecule has 0 aromatic heterocycles. The Labute approximate surface area is 103 Å². The minimum absolute atomic E-state index is 0.321. The Kier molecular flexibility index (Phi) is 5.01. The van der Waals surface area contributed by atoms with E-state index >= 15 is 0 Å². The Bertz CT molecular complexity index is 384. The Morgan fingerprint density at radius 1 is 1.35 bits per heavy atom. The summed E-state index contributed by atoms with van der Waals surface area (Å²) in [7, 11) is 0. The lowest BCUT2D eigenvalue weighted by Gasteiger charge is -2.13. The maximum absolute atomic E-state index is 11.9. The number of carbonyl (C=O) groups is 1. The average molecular weight is 235 g/mol. The summed E-state index contributed by atoms with van der Waals surface area (Å²) in [5.74, 6) is 0.114. The number of esters is 1. The van der Waals surface area contributed by atoms with Gasteiger partial charge in [-0.3, -0.25) is 0 Å². The van der Waals surface area contributed by atoms with Crippen molar-refractivity contribution in [1.29, 1.82) is 0 Å². The van der Waals surface area contributed by atoms with Gasteiger partial charge in [-0.1, -0.05) is 38.3 Å². The molecule has 94 valence electrons. The van der Waals surface area contributed by atoms with E-state index in [2.05, 4.69) is 13.8 Å². The molecule has 0 atom stereocenters. The Hall–Kier alpha value is -1.51. The molecule has 1 aromatic rings. The first-order chi connectivity index (χ1) is 8.08. The normalized spacial score (nSPS) is 10.6. The lowest BCUT2D eigenvalue weighted by Crippen LogP contribution is -2.14. The highest BCUT2D eigenvalue weighted by Gasteiger charge is 2.13. The van der Waals surface area contributed by atoms with Crippen molar-refractivity contribution in [2.24, 2.45) is 5.92 Å². The molecule has 17 heavy (non-hydrogen) atoms. The predicted octanol–water partition coefficient (Wildman–Crippen LogP) is 3.17. The number of aryl methyl sites for hydroxylation is 1. The average Bonchev–Trinajstić information content (AvgIpc) is 2.33. The quantitative estimate of drug-likeness (QED) is 0.630. The van der Waals surface area contributed by atoms with Gasteiger partial charge in [0.15, 0.2) is 0 Å². The van der Waals surface area contributed by atoms with E-state index in [1.165, 1.54) is 0 Å². The molecule has 0 spiro atoms. The number of hydrogen-bond acceptors (Lipinski definition) is 3. The SMILES string of the molecule is CCC(CC)COC(=O)c1cc(C)ccc1N. The molecule has 0 aliphatic carbocycles. The molecule has 0 bridgehead atoms. The van der Waals surface area contributed by atoms with Crippen molar-refractivity contribution in [3.63, 3.8) is 0 Å². The molecule has 0 saturated heterocycles. The highest BCUT2D eigenvalue weighted by molar-refractivity contribution is 5.95. The number of rotatable bonds is 5. The lowest BCUT2D eigenvalue weighted by atomic mass is 10.1. The van der Waals surface area contributed by atoms with Crippen molar-refractivity contribution in [2.75, 3.05) is 12.3 Å². The van der Waals surface area contributed by atoms with E-state index in [4.69, 9.17) is 10.5 Å². The number of benzene rings is 1. The summed E-state index contributed by atoms with van der Waals surface area (Å²) in [5.41, 5.74) is 7.71. The van der Waals surface area contributed by atoms with Gasteiger partial charge in [0, 0.05) is 5.69 Å². The number of carbonyl (C=O) groups excluding carboxylic acids is 1. The predicted molar refractivity (Wildman–Crippen MR) is 69.9 cm³/mol. The van der Waals surface area contributed by atoms with E-state index in [1.807, 2.05) is 13.0 Å². The second-order valence-electron chi connectivity index (χ2n) is 4.37. The zero-order chi connectivity index (χ0) is 12.8. The van der Waals surface area contributed by atoms with Gasteiger partial charge in [-0.25, -0.2) is 4.79 Å². The third-order valence-corrected chi connectivity index (χ3v) is 3.03. The van der Waals surface area contributed by atoms with Crippen LogP contribution in [-0.4, -0.2) is 12.6 Å². The topological polar surface area (TPSA) is 52.3 Å². The van der Waals surface area contributed by atoms with Gasteiger partial charge in [-0.2, -0.15) is 0 Å². The van der Waals surface area contributed by atoms with Gasteiger partial charge in [-0.05, 0) is 25.0 Å². The zero-order valence-corrected chi connectivity index (χ0v) is 10.8. The van der Waals surface area contributed by atoms with Crippen molar-refractivity contribution in [3.05, 3.63) is 29.3 Å². The van der Waals surface area contributed by atoms with Gasteiger partial charge in [0.2, 0.25) is 0 Å². The van der Waals surface area contributed by atoms with Crippen molar-refractivity contribution >= 4 is 11.7 Å². The molecule has 2 N–H and O–H groups in total. The van der Waals surface area contributed by atoms with E-state index in [0.29, 0.717) is 23.8 Å². The van der Waals surface area contributed by atoms with Gasteiger partial charge in [0.1, 0.15) is 0 Å². The maximum atomic E-state index is 11.9. The second-order valence-corrected chi connectivity index (χ2v) is 4.37. The van der Waals surface area contributed by atoms with Crippen LogP contribution < -0.4 is 5.73 Å². The third-order valence-electron chi connectivity index (χ3n) is 3.03. The molecule has 0 amide bonds. The van der Waals surface area contributed by atoms with E-state index < -0.39 is 0 Å². The molecule has 0 fully saturated rings. The van der Waals surface area contributed by atoms with Crippen LogP contribution in [0.15, 0.2) is 18.2 Å². The second kappa shape index (κ2) is 6.28. The molecule has 0 aliphatic heterocycles. The lowest BCUT2D eigenvalue weighted by molar-refractivity contribution is 0.0434. The van der Waals surface area contributed by atoms with Crippen molar-refractivity contribution < 1.29 is 9.53 Å². The van der Waals surface area contributed by atoms with Crippen molar-refractivity contribution in [1.82, 2.24) is 0 Å². The summed E-state index contributed by atoms with van der Waals surface area (Å²) in [6, 6.07) is 5.39. The minimum atomic E-state index is -0.321. The van der Waals surface area contributed by atoms with E-state index in [1.54, 1.807) is 12.1 Å². The Morgan fingerprint density at radius 2 is 2.00 bits per heavy atom. The monoisotopic (exact) mass is 235 g/mol. The Balaban J connectivity index is 2.66. The third kappa shape index (κ3) is 3.77. The fraction of sp³-hybridized carbons (Fsp3) is 0.500. The fourth-order valence-electron chi connectivity index (χ4n) is 1.64. The fourth-order valence-corrected chi connectivity index (χ4v) is 1.64. The molecule has 0 saturated carbocycles. The molecule has 3 nitrogen and oxygen atoms in total. The Morgan fingerprint density at radius 3 is 2.59 bits per heavy atom. The van der Waals surface area contributed by atoms with Gasteiger partial charge < -0.3 is 10.5 Å². The van der Waals surface area contributed by atoms with Gasteiger partial charge in [0.05, 0.1) is 12.2 Å². The van der Waals surface area contributed by atoms with Crippen LogP contribution in [0.1, 0.15) is 42.6 Å². The van der Waals surface area contributed by atoms with Crippen LogP contribution in [0.5, 0.6) is 0 Å². The molecule has 0 unspecified atom stereocenters. The zero-order valence-electron chi connectivity index (χ0n) is 10.8. The number of nitrogens with two attached hydrogens (primary N) is 1. The largest absolute Gasteiger partial charge is 0.462 e. The van der Waals surface area contributed by atoms with Crippen LogP contribution in [0.2, 0.25) is 0 Å². The standard InChI is InChI=1S/C14H21NO2/c1-4-11(5-2)9-17-14(16)12-8-10(3)6-7-13(12)15/h6-8,11H,4-5,9,15H2,1-3H3. The van der Waals surface area contributed by atoms with Crippen LogP contribution >= 0.6 is 0 Å². The molecular weight excluding hydrogens is 214 g/mol. The van der Waals surface area contributed by atoms with Crippen LogP contribution in [0.3, 0.4) is 0 Å². The van der Waals surface area contributed by atoms with Gasteiger partial charge in [0.25, 0.3) is 0 Å². The molecule has 1 aromatic carbocycles. The van der Waals surface area contributed by atoms with Crippen LogP contribution in [-0.2, 0) is 4.74 Å². The first kappa shape index (κ1) is 13.6. The number of ether oxygens (including phenoxy) is 1. The molecule has 0 radical (unpaired) electrons. The molecule has 0 aliphatic rings. The highest BCUT2D eigenvalue weighted by Crippen LogP contribution is 2.16. The first-order valence-electron chi connectivity index (χ1n) is 6.11. The summed E-state index contributed by atoms with van der Waals surface area (Å²) in [6.45, 7) is 6.60. The van der Waals surface area contributed by atoms with Crippen LogP contribution in [0.25, 0.3) is 0 Å². The van der Waals surface area contributed by atoms with E-state index in [-0.39, 0.29) is 5.97 Å². The van der Waals surface area contributed by atoms with E-state index in [0.717, 1.165) is 18.4 Å². The van der Waals surface area contributed by atoms with Crippen molar-refractivity contribution in [3.8, 4) is 0 Å². The molecule has 3 heteroatoms. The number of anilines is 1. The van der Waals surface area contributed by atoms with Gasteiger partial charge >= 0.3 is 5.97 Å². The summed E-state index contributed by atoms with van der Waals surface area (Å²) in [5, 5.41) is 0. The highest BCUT2D eigenvalue weighted by atomic mass is 16.5. The van der Waals surface area contributed by atoms with Gasteiger partial charge in [-0.15, -0.1) is 0 Å². The maximum Gasteiger partial charge on any atom is 0.340 e. The molecule has 0 heterocycles. The molecule has 1 rings (SSSR count). The summed E-state index contributed by atoms with van der Waals surface area (Å²) in [6.07, 6.45) is 2.04. The summed E-state index contributed by atoms with van der Waals surface area (Å²) < 4.78 is 5.29. The van der Waals surface area contributed by atoms with Crippen LogP contribution in [0.4, 0.5) is 5.69 Å². The minimum Gasteiger partial charge on any atom is -0.462 e. The number of nitrogen functional groups attached to an aromatic ring is 1. The summed E-state index contributed by atoms with van der Waals surface area (Å²) in [4.78, 5) is 11.9. The molecular formula is C14H21NO2. The summed E-state index contributed by atoms with van der Waals surface area (Å²) >= 11 is 0. The first-order valence-corrected chi connectivity index (χ1v) is 6.11.